The molecule has 1 atom stereocenters. The molecule has 1 aromatic carbocycles. The number of carbonyl (C=O) groups is 2. The highest BCUT2D eigenvalue weighted by atomic mass is 19.1. The highest BCUT2D eigenvalue weighted by Crippen LogP contribution is 2.40. The van der Waals surface area contributed by atoms with Gasteiger partial charge in [-0.1, -0.05) is 13.8 Å². The number of hydrogen-bond donors (Lipinski definition) is 2. The maximum absolute atomic E-state index is 13.4. The lowest BCUT2D eigenvalue weighted by Crippen LogP contribution is -2.63. The van der Waals surface area contributed by atoms with E-state index in [-0.39, 0.29) is 30.1 Å². The molecule has 8 nitrogen and oxygen atoms in total. The number of fused-ring (bicyclic) bond motifs is 3. The van der Waals surface area contributed by atoms with Gasteiger partial charge in [0.1, 0.15) is 28.6 Å². The molecule has 4 rings (SSSR count). The normalized spacial score (nSPS) is 20.6. The third-order valence-corrected chi connectivity index (χ3v) is 6.55. The Labute approximate surface area is 198 Å². The Balaban J connectivity index is 1.77. The molecule has 1 unspecified atom stereocenters. The molecule has 0 aliphatic carbocycles. The largest absolute Gasteiger partial charge is 0.381 e. The van der Waals surface area contributed by atoms with Crippen LogP contribution in [0.2, 0.25) is 0 Å². The van der Waals surface area contributed by atoms with Crippen molar-refractivity contribution >= 4 is 23.1 Å². The Hall–Kier alpha value is -3.33. The van der Waals surface area contributed by atoms with Gasteiger partial charge in [-0.3, -0.25) is 19.6 Å². The number of aromatic nitrogens is 2. The molecule has 34 heavy (non-hydrogen) atoms. The van der Waals surface area contributed by atoms with Crippen molar-refractivity contribution in [3.63, 3.8) is 0 Å². The third-order valence-electron chi connectivity index (χ3n) is 6.55. The molecule has 3 N–H and O–H groups in total. The van der Waals surface area contributed by atoms with Crippen molar-refractivity contribution in [2.24, 2.45) is 5.92 Å². The van der Waals surface area contributed by atoms with E-state index in [4.69, 9.17) is 5.41 Å². The molecule has 2 amide bonds. The number of nitrogens with two attached hydrogens (primary N) is 1. The molecule has 0 spiro atoms. The lowest BCUT2D eigenvalue weighted by Gasteiger charge is -2.46. The minimum absolute atomic E-state index is 0.0101. The first-order valence-corrected chi connectivity index (χ1v) is 11.4. The van der Waals surface area contributed by atoms with Gasteiger partial charge in [-0.25, -0.2) is 9.37 Å². The second kappa shape index (κ2) is 8.16. The van der Waals surface area contributed by atoms with Crippen molar-refractivity contribution in [1.29, 1.82) is 0 Å². The van der Waals surface area contributed by atoms with Crippen LogP contribution >= 0.6 is 0 Å². The highest BCUT2D eigenvalue weighted by molar-refractivity contribution is 6.08. The second-order valence-corrected chi connectivity index (χ2v) is 9.98. The van der Waals surface area contributed by atoms with Gasteiger partial charge in [-0.2, -0.15) is 0 Å². The zero-order chi connectivity index (χ0) is 25.0. The summed E-state index contributed by atoms with van der Waals surface area (Å²) in [5.74, 6) is -0.272. The van der Waals surface area contributed by atoms with Crippen LogP contribution in [0.3, 0.4) is 0 Å². The van der Waals surface area contributed by atoms with Crippen LogP contribution in [-0.2, 0) is 10.5 Å². The number of imidazole rings is 1. The van der Waals surface area contributed by atoms with Crippen LogP contribution < -0.4 is 5.41 Å². The predicted octanol–water partition coefficient (Wildman–Crippen LogP) is 1.05. The Bertz CT molecular complexity index is 1190. The number of halogens is 1. The fraction of sp³-hybridized carbons (Fsp3) is 0.440. The fourth-order valence-corrected chi connectivity index (χ4v) is 4.77. The number of allylic oxidation sites excluding steroid dienone is 2. The van der Waals surface area contributed by atoms with E-state index in [0.29, 0.717) is 35.9 Å². The molecule has 1 aromatic heterocycles. The Morgan fingerprint density at radius 3 is 2.50 bits per heavy atom. The standard InChI is InChI=1S/C25H30FN5O3/c1-15(2)18(12-19(27)16-6-8-17(26)9-7-16)21-28-13-20-22(32)30-11-10-29(23(33)24(3,4)34)14-25(30,5)31(20)21/h6-9,12-13,15,27,34H,10-11,14H2,1-5H3/p+1. The van der Waals surface area contributed by atoms with E-state index in [1.165, 1.54) is 26.0 Å². The molecule has 2 aliphatic heterocycles. The van der Waals surface area contributed by atoms with Crippen LogP contribution in [0.5, 0.6) is 0 Å². The smallest absolute Gasteiger partial charge is 0.274 e. The minimum atomic E-state index is -1.51. The van der Waals surface area contributed by atoms with Crippen LogP contribution in [0.25, 0.3) is 5.57 Å². The molecule has 2 aromatic rings. The summed E-state index contributed by atoms with van der Waals surface area (Å²) in [6.07, 6.45) is 3.38. The number of nitrogens with zero attached hydrogens (tertiary/aromatic N) is 4. The molecule has 0 bridgehead atoms. The van der Waals surface area contributed by atoms with Crippen LogP contribution in [-0.4, -0.2) is 67.2 Å². The summed E-state index contributed by atoms with van der Waals surface area (Å²) >= 11 is 0. The van der Waals surface area contributed by atoms with Crippen LogP contribution in [0.4, 0.5) is 4.39 Å². The Morgan fingerprint density at radius 2 is 1.91 bits per heavy atom. The molecule has 1 fully saturated rings. The predicted molar refractivity (Wildman–Crippen MR) is 125 cm³/mol. The van der Waals surface area contributed by atoms with E-state index >= 15 is 0 Å². The van der Waals surface area contributed by atoms with Crippen molar-refractivity contribution in [2.75, 3.05) is 19.6 Å². The molecular weight excluding hydrogens is 437 g/mol. The van der Waals surface area contributed by atoms with E-state index < -0.39 is 11.3 Å². The van der Waals surface area contributed by atoms with E-state index in [9.17, 15) is 19.1 Å². The summed E-state index contributed by atoms with van der Waals surface area (Å²) in [6.45, 7) is 9.76. The number of rotatable bonds is 5. The van der Waals surface area contributed by atoms with Gasteiger partial charge in [0.15, 0.2) is 0 Å². The number of piperazine rings is 1. The Morgan fingerprint density at radius 1 is 1.26 bits per heavy atom. The van der Waals surface area contributed by atoms with Crippen LogP contribution in [0.15, 0.2) is 36.5 Å². The first-order chi connectivity index (χ1) is 15.8. The SMILES string of the molecule is CC(C)C(=CC(=[NH2+])c1ccc(F)cc1)c1ncc2n1C1(C)CN(C(=O)C(C)(C)O)CCN1C2=O. The maximum Gasteiger partial charge on any atom is 0.274 e. The summed E-state index contributed by atoms with van der Waals surface area (Å²) in [5, 5.41) is 16.6. The second-order valence-electron chi connectivity index (χ2n) is 9.98. The molecule has 0 radical (unpaired) electrons. The van der Waals surface area contributed by atoms with Gasteiger partial charge < -0.3 is 14.9 Å². The lowest BCUT2D eigenvalue weighted by atomic mass is 9.97. The number of carbonyl (C=O) groups excluding carboxylic acids is 2. The average Bonchev–Trinajstić information content (AvgIpc) is 3.29. The van der Waals surface area contributed by atoms with Gasteiger partial charge in [0.2, 0.25) is 5.71 Å². The number of benzene rings is 1. The van der Waals surface area contributed by atoms with Gasteiger partial charge >= 0.3 is 0 Å². The van der Waals surface area contributed by atoms with Crippen molar-refractivity contribution in [1.82, 2.24) is 19.4 Å². The molecule has 9 heteroatoms. The highest BCUT2D eigenvalue weighted by Gasteiger charge is 2.52. The summed E-state index contributed by atoms with van der Waals surface area (Å²) in [7, 11) is 0. The van der Waals surface area contributed by atoms with Crippen molar-refractivity contribution in [3.05, 3.63) is 59.4 Å². The van der Waals surface area contributed by atoms with Gasteiger partial charge in [0, 0.05) is 30.3 Å². The molecule has 0 saturated carbocycles. The summed E-state index contributed by atoms with van der Waals surface area (Å²) in [5.41, 5.74) is 0.0160. The molecular formula is C25H31FN5O3+. The van der Waals surface area contributed by atoms with Crippen molar-refractivity contribution in [3.8, 4) is 0 Å². The van der Waals surface area contributed by atoms with E-state index in [1.54, 1.807) is 28.1 Å². The van der Waals surface area contributed by atoms with Crippen LogP contribution in [0.1, 0.15) is 56.5 Å². The molecule has 1 saturated heterocycles. The minimum Gasteiger partial charge on any atom is -0.381 e. The van der Waals surface area contributed by atoms with E-state index in [1.807, 2.05) is 31.4 Å². The molecule has 3 heterocycles. The van der Waals surface area contributed by atoms with Crippen LogP contribution in [0, 0.1) is 11.7 Å². The summed E-state index contributed by atoms with van der Waals surface area (Å²) < 4.78 is 15.2. The van der Waals surface area contributed by atoms with Gasteiger partial charge in [-0.15, -0.1) is 0 Å². The first-order valence-electron chi connectivity index (χ1n) is 11.4. The number of hydrogen-bond acceptors (Lipinski definition) is 4. The topological polar surface area (TPSA) is 104 Å². The maximum atomic E-state index is 13.4. The quantitative estimate of drug-likeness (QED) is 0.640. The summed E-state index contributed by atoms with van der Waals surface area (Å²) in [6, 6.07) is 5.93. The monoisotopic (exact) mass is 468 g/mol. The summed E-state index contributed by atoms with van der Waals surface area (Å²) in [4.78, 5) is 34.0. The zero-order valence-corrected chi connectivity index (χ0v) is 20.2. The first kappa shape index (κ1) is 23.8. The third kappa shape index (κ3) is 3.83. The fourth-order valence-electron chi connectivity index (χ4n) is 4.77. The van der Waals surface area contributed by atoms with Crippen molar-refractivity contribution < 1.29 is 24.5 Å². The van der Waals surface area contributed by atoms with Gasteiger partial charge in [0.25, 0.3) is 11.8 Å². The van der Waals surface area contributed by atoms with Gasteiger partial charge in [0.05, 0.1) is 12.7 Å². The van der Waals surface area contributed by atoms with E-state index in [2.05, 4.69) is 4.98 Å². The van der Waals surface area contributed by atoms with Gasteiger partial charge in [-0.05, 0) is 51.0 Å². The van der Waals surface area contributed by atoms with E-state index in [0.717, 1.165) is 5.57 Å². The lowest BCUT2D eigenvalue weighted by molar-refractivity contribution is -0.154. The molecule has 2 aliphatic rings. The Kier molecular flexibility index (Phi) is 5.72. The number of amides is 2. The molecule has 180 valence electrons. The van der Waals surface area contributed by atoms with Crippen molar-refractivity contribution in [2.45, 2.75) is 45.9 Å². The average molecular weight is 469 g/mol. The zero-order valence-electron chi connectivity index (χ0n) is 20.2. The number of aliphatic hydroxyl groups is 1.